The Hall–Kier alpha value is -2.05. The highest BCUT2D eigenvalue weighted by molar-refractivity contribution is 5.99. The Kier molecular flexibility index (Phi) is 11.6. The summed E-state index contributed by atoms with van der Waals surface area (Å²) in [6, 6.07) is 0.0558. The molecule has 0 spiro atoms. The van der Waals surface area contributed by atoms with Crippen LogP contribution in [0.2, 0.25) is 0 Å². The standard InChI is InChI=1S/C22H36F3N3O/c1-9-12-28(18(6)13-21(26-8)22(23,24)25)19(7)20(16(4)10-2)14-27(15-29)17(5)11-3/h13,15,17H,4,9-12,14H2,1-3,5-8H3/b18-13+,20-19-,26-21?. The Morgan fingerprint density at radius 3 is 2.17 bits per heavy atom. The maximum atomic E-state index is 13.2. The zero-order valence-corrected chi connectivity index (χ0v) is 18.9. The SMILES string of the molecule is C=C(CC)/C(CN(C=O)C(C)CC)=C(/C)N(CCC)/C(C)=C/C(=NC)C(F)(F)F. The van der Waals surface area contributed by atoms with Gasteiger partial charge in [0.2, 0.25) is 6.41 Å². The Balaban J connectivity index is 6.31. The second-order valence-electron chi connectivity index (χ2n) is 7.10. The molecule has 0 saturated carbocycles. The van der Waals surface area contributed by atoms with E-state index in [4.69, 9.17) is 0 Å². The number of alkyl halides is 3. The summed E-state index contributed by atoms with van der Waals surface area (Å²) < 4.78 is 39.5. The molecule has 1 atom stereocenters. The van der Waals surface area contributed by atoms with E-state index >= 15 is 0 Å². The Morgan fingerprint density at radius 1 is 1.21 bits per heavy atom. The van der Waals surface area contributed by atoms with E-state index < -0.39 is 11.9 Å². The van der Waals surface area contributed by atoms with Gasteiger partial charge in [-0.15, -0.1) is 0 Å². The lowest BCUT2D eigenvalue weighted by Gasteiger charge is -2.32. The Bertz CT molecular complexity index is 648. The summed E-state index contributed by atoms with van der Waals surface area (Å²) in [6.45, 7) is 16.5. The van der Waals surface area contributed by atoms with E-state index in [0.717, 1.165) is 49.2 Å². The lowest BCUT2D eigenvalue weighted by Crippen LogP contribution is -2.35. The number of hydrogen-bond donors (Lipinski definition) is 0. The van der Waals surface area contributed by atoms with Crippen LogP contribution in [0.4, 0.5) is 13.2 Å². The number of hydrogen-bond acceptors (Lipinski definition) is 3. The van der Waals surface area contributed by atoms with Crippen LogP contribution in [0.3, 0.4) is 0 Å². The van der Waals surface area contributed by atoms with Crippen LogP contribution in [0.15, 0.2) is 40.2 Å². The van der Waals surface area contributed by atoms with Gasteiger partial charge in [0.05, 0.1) is 0 Å². The molecule has 0 aromatic heterocycles. The molecule has 0 aliphatic heterocycles. The summed E-state index contributed by atoms with van der Waals surface area (Å²) in [5.74, 6) is 0. The maximum Gasteiger partial charge on any atom is 0.432 e. The third kappa shape index (κ3) is 8.07. The van der Waals surface area contributed by atoms with E-state index in [2.05, 4.69) is 11.6 Å². The first-order chi connectivity index (χ1) is 13.5. The molecule has 0 aromatic rings. The first-order valence-electron chi connectivity index (χ1n) is 10.1. The number of aliphatic imine (C=N–C) groups is 1. The van der Waals surface area contributed by atoms with Crippen LogP contribution in [-0.4, -0.2) is 54.3 Å². The highest BCUT2D eigenvalue weighted by Crippen LogP contribution is 2.26. The normalized spacial score (nSPS) is 15.0. The second kappa shape index (κ2) is 12.5. The second-order valence-corrected chi connectivity index (χ2v) is 7.10. The van der Waals surface area contributed by atoms with E-state index in [0.29, 0.717) is 25.2 Å². The molecule has 0 aromatic carbocycles. The number of allylic oxidation sites excluding steroid dienone is 3. The van der Waals surface area contributed by atoms with Gasteiger partial charge in [0.25, 0.3) is 0 Å². The first kappa shape index (κ1) is 27.0. The van der Waals surface area contributed by atoms with E-state index in [1.54, 1.807) is 11.8 Å². The van der Waals surface area contributed by atoms with Crippen molar-refractivity contribution >= 4 is 12.1 Å². The summed E-state index contributed by atoms with van der Waals surface area (Å²) >= 11 is 0. The smallest absolute Gasteiger partial charge is 0.349 e. The zero-order chi connectivity index (χ0) is 22.8. The van der Waals surface area contributed by atoms with Crippen LogP contribution in [0.25, 0.3) is 0 Å². The summed E-state index contributed by atoms with van der Waals surface area (Å²) in [5.41, 5.74) is 2.08. The van der Waals surface area contributed by atoms with Gasteiger partial charge >= 0.3 is 6.18 Å². The zero-order valence-electron chi connectivity index (χ0n) is 18.9. The molecule has 1 amide bonds. The van der Waals surface area contributed by atoms with E-state index in [-0.39, 0.29) is 6.04 Å². The topological polar surface area (TPSA) is 35.9 Å². The molecule has 4 nitrogen and oxygen atoms in total. The predicted octanol–water partition coefficient (Wildman–Crippen LogP) is 5.73. The molecular formula is C22H36F3N3O. The highest BCUT2D eigenvalue weighted by Gasteiger charge is 2.34. The van der Waals surface area contributed by atoms with Gasteiger partial charge in [0, 0.05) is 37.6 Å². The van der Waals surface area contributed by atoms with Crippen molar-refractivity contribution in [2.75, 3.05) is 20.1 Å². The largest absolute Gasteiger partial charge is 0.432 e. The van der Waals surface area contributed by atoms with Crippen molar-refractivity contribution in [2.24, 2.45) is 4.99 Å². The molecule has 0 saturated heterocycles. The van der Waals surface area contributed by atoms with Crippen LogP contribution >= 0.6 is 0 Å². The molecule has 0 aliphatic rings. The molecule has 0 N–H and O–H groups in total. The van der Waals surface area contributed by atoms with Gasteiger partial charge in [-0.3, -0.25) is 9.79 Å². The summed E-state index contributed by atoms with van der Waals surface area (Å²) in [5, 5.41) is 0. The summed E-state index contributed by atoms with van der Waals surface area (Å²) in [4.78, 5) is 18.6. The third-order valence-corrected chi connectivity index (χ3v) is 5.08. The highest BCUT2D eigenvalue weighted by atomic mass is 19.4. The molecule has 1 unspecified atom stereocenters. The number of rotatable bonds is 12. The fourth-order valence-electron chi connectivity index (χ4n) is 2.95. The predicted molar refractivity (Wildman–Crippen MR) is 115 cm³/mol. The van der Waals surface area contributed by atoms with E-state index in [1.165, 1.54) is 0 Å². The molecule has 0 bridgehead atoms. The van der Waals surface area contributed by atoms with Crippen molar-refractivity contribution < 1.29 is 18.0 Å². The van der Waals surface area contributed by atoms with Gasteiger partial charge in [-0.1, -0.05) is 27.4 Å². The molecule has 0 radical (unpaired) electrons. The van der Waals surface area contributed by atoms with Crippen LogP contribution < -0.4 is 0 Å². The van der Waals surface area contributed by atoms with Gasteiger partial charge in [-0.25, -0.2) is 0 Å². The quantitative estimate of drug-likeness (QED) is 0.232. The Labute approximate surface area is 173 Å². The number of carbonyl (C=O) groups excluding carboxylic acids is 1. The van der Waals surface area contributed by atoms with Crippen LogP contribution in [0.5, 0.6) is 0 Å². The van der Waals surface area contributed by atoms with Crippen molar-refractivity contribution in [2.45, 2.75) is 73.0 Å². The number of halogens is 3. The van der Waals surface area contributed by atoms with Crippen molar-refractivity contribution in [1.82, 2.24) is 9.80 Å². The minimum atomic E-state index is -4.51. The molecule has 166 valence electrons. The molecule has 29 heavy (non-hydrogen) atoms. The molecule has 0 aliphatic carbocycles. The maximum absolute atomic E-state index is 13.2. The number of amides is 1. The molecule has 0 rings (SSSR count). The lowest BCUT2D eigenvalue weighted by atomic mass is 10.0. The minimum Gasteiger partial charge on any atom is -0.349 e. The van der Waals surface area contributed by atoms with Crippen LogP contribution in [0, 0.1) is 0 Å². The average Bonchev–Trinajstić information content (AvgIpc) is 2.68. The number of carbonyl (C=O) groups is 1. The van der Waals surface area contributed by atoms with Gasteiger partial charge in [0.1, 0.15) is 5.71 Å². The van der Waals surface area contributed by atoms with Gasteiger partial charge in [0.15, 0.2) is 0 Å². The van der Waals surface area contributed by atoms with E-state index in [9.17, 15) is 18.0 Å². The van der Waals surface area contributed by atoms with Gasteiger partial charge < -0.3 is 9.80 Å². The Morgan fingerprint density at radius 2 is 1.79 bits per heavy atom. The van der Waals surface area contributed by atoms with Crippen LogP contribution in [0.1, 0.15) is 60.8 Å². The molecule has 0 heterocycles. The van der Waals surface area contributed by atoms with Crippen molar-refractivity contribution in [3.8, 4) is 0 Å². The van der Waals surface area contributed by atoms with Crippen molar-refractivity contribution in [3.63, 3.8) is 0 Å². The van der Waals surface area contributed by atoms with Crippen molar-refractivity contribution in [3.05, 3.63) is 35.2 Å². The van der Waals surface area contributed by atoms with Gasteiger partial charge in [-0.2, -0.15) is 13.2 Å². The fourth-order valence-corrected chi connectivity index (χ4v) is 2.95. The van der Waals surface area contributed by atoms with Gasteiger partial charge in [-0.05, 0) is 57.3 Å². The van der Waals surface area contributed by atoms with Crippen molar-refractivity contribution in [1.29, 1.82) is 0 Å². The number of nitrogens with zero attached hydrogens (tertiary/aromatic N) is 3. The first-order valence-corrected chi connectivity index (χ1v) is 10.1. The molecular weight excluding hydrogens is 379 g/mol. The monoisotopic (exact) mass is 415 g/mol. The summed E-state index contributed by atoms with van der Waals surface area (Å²) in [7, 11) is 1.14. The average molecular weight is 416 g/mol. The van der Waals surface area contributed by atoms with E-state index in [1.807, 2.05) is 39.5 Å². The third-order valence-electron chi connectivity index (χ3n) is 5.08. The molecule has 7 heteroatoms. The lowest BCUT2D eigenvalue weighted by molar-refractivity contribution is -0.119. The molecule has 0 fully saturated rings. The summed E-state index contributed by atoms with van der Waals surface area (Å²) in [6.07, 6.45) is -0.371. The fraction of sp³-hybridized carbons (Fsp3) is 0.636. The minimum absolute atomic E-state index is 0.0558. The van der Waals surface area contributed by atoms with Crippen LogP contribution in [-0.2, 0) is 4.79 Å².